The number of aliphatic hydroxyl groups excluding tert-OH is 1. The number of ether oxygens (including phenoxy) is 1. The van der Waals surface area contributed by atoms with Gasteiger partial charge in [0.25, 0.3) is 0 Å². The van der Waals surface area contributed by atoms with Crippen molar-refractivity contribution in [1.29, 1.82) is 0 Å². The minimum atomic E-state index is -4.16. The zero-order valence-corrected chi connectivity index (χ0v) is 22.6. The maximum Gasteiger partial charge on any atom is 0.397 e. The van der Waals surface area contributed by atoms with Gasteiger partial charge >= 0.3 is 16.4 Å². The Labute approximate surface area is 203 Å². The molecule has 8 nitrogen and oxygen atoms in total. The van der Waals surface area contributed by atoms with E-state index in [1.54, 1.807) is 25.8 Å². The van der Waals surface area contributed by atoms with E-state index in [0.717, 1.165) is 20.0 Å². The third-order valence-electron chi connectivity index (χ3n) is 5.66. The standard InChI is InChI=1S/C23H47NO3.CH4O4S/c1-5-6-7-8-9-10-11-12-13-14-15-16-17-18-19-20-23(26)27-22(3)24(4)21(2)25;1-5-6(2,3)4/h21-22,25H,5-20H2,1-4H3;1H3,(H,2,3,4). The van der Waals surface area contributed by atoms with Crippen molar-refractivity contribution in [2.45, 2.75) is 136 Å². The van der Waals surface area contributed by atoms with Crippen LogP contribution in [0.25, 0.3) is 0 Å². The lowest BCUT2D eigenvalue weighted by atomic mass is 10.0. The van der Waals surface area contributed by atoms with Gasteiger partial charge in [0.15, 0.2) is 6.23 Å². The third-order valence-corrected chi connectivity index (χ3v) is 6.08. The van der Waals surface area contributed by atoms with E-state index < -0.39 is 16.6 Å². The predicted molar refractivity (Wildman–Crippen MR) is 133 cm³/mol. The summed E-state index contributed by atoms with van der Waals surface area (Å²) in [5, 5.41) is 9.46. The van der Waals surface area contributed by atoms with Crippen LogP contribution in [0.5, 0.6) is 0 Å². The van der Waals surface area contributed by atoms with E-state index in [1.165, 1.54) is 83.5 Å². The van der Waals surface area contributed by atoms with Crippen LogP contribution in [0.15, 0.2) is 0 Å². The van der Waals surface area contributed by atoms with Crippen LogP contribution in [0, 0.1) is 0 Å². The third kappa shape index (κ3) is 27.4. The van der Waals surface area contributed by atoms with Gasteiger partial charge in [-0.2, -0.15) is 8.42 Å². The second-order valence-corrected chi connectivity index (χ2v) is 9.87. The number of hydrogen-bond donors (Lipinski definition) is 2. The summed E-state index contributed by atoms with van der Waals surface area (Å²) in [4.78, 5) is 13.4. The molecule has 0 bridgehead atoms. The topological polar surface area (TPSA) is 113 Å². The molecule has 0 saturated carbocycles. The normalized spacial score (nSPS) is 13.3. The highest BCUT2D eigenvalue weighted by Crippen LogP contribution is 2.14. The average Bonchev–Trinajstić information content (AvgIpc) is 2.75. The molecular formula is C24H51NO7S. The molecule has 0 aliphatic carbocycles. The van der Waals surface area contributed by atoms with E-state index in [9.17, 15) is 18.3 Å². The summed E-state index contributed by atoms with van der Waals surface area (Å²) in [5.74, 6) is -0.162. The number of esters is 1. The summed E-state index contributed by atoms with van der Waals surface area (Å²) < 4.78 is 35.0. The van der Waals surface area contributed by atoms with Gasteiger partial charge in [-0.1, -0.05) is 96.8 Å². The van der Waals surface area contributed by atoms with Crippen LogP contribution in [0.4, 0.5) is 0 Å². The zero-order chi connectivity index (χ0) is 25.5. The van der Waals surface area contributed by atoms with Gasteiger partial charge in [-0.25, -0.2) is 4.90 Å². The quantitative estimate of drug-likeness (QED) is 0.0933. The first kappa shape index (κ1) is 34.4. The Morgan fingerprint density at radius 3 is 1.45 bits per heavy atom. The molecule has 2 atom stereocenters. The summed E-state index contributed by atoms with van der Waals surface area (Å²) in [6.45, 7) is 5.73. The van der Waals surface area contributed by atoms with Crippen LogP contribution < -0.4 is 0 Å². The van der Waals surface area contributed by atoms with Crippen molar-refractivity contribution < 1.29 is 31.8 Å². The van der Waals surface area contributed by atoms with Crippen LogP contribution in [0.2, 0.25) is 0 Å². The Kier molecular flexibility index (Phi) is 24.0. The van der Waals surface area contributed by atoms with Crippen LogP contribution in [0.1, 0.15) is 124 Å². The molecule has 0 radical (unpaired) electrons. The van der Waals surface area contributed by atoms with Crippen molar-refractivity contribution in [3.05, 3.63) is 0 Å². The highest BCUT2D eigenvalue weighted by atomic mass is 32.3. The van der Waals surface area contributed by atoms with E-state index in [2.05, 4.69) is 11.1 Å². The minimum Gasteiger partial charge on any atom is -0.447 e. The molecule has 0 aromatic rings. The molecule has 200 valence electrons. The highest BCUT2D eigenvalue weighted by Gasteiger charge is 2.17. The van der Waals surface area contributed by atoms with Crippen molar-refractivity contribution in [1.82, 2.24) is 4.90 Å². The number of unbranched alkanes of at least 4 members (excludes halogenated alkanes) is 14. The van der Waals surface area contributed by atoms with Gasteiger partial charge in [-0.05, 0) is 27.3 Å². The number of rotatable bonds is 20. The summed E-state index contributed by atoms with van der Waals surface area (Å²) >= 11 is 0. The molecule has 0 rings (SSSR count). The Hall–Kier alpha value is -0.740. The molecule has 0 spiro atoms. The van der Waals surface area contributed by atoms with Crippen LogP contribution in [-0.2, 0) is 24.1 Å². The number of hydrogen-bond acceptors (Lipinski definition) is 7. The van der Waals surface area contributed by atoms with Gasteiger partial charge in [0, 0.05) is 6.42 Å². The second-order valence-electron chi connectivity index (χ2n) is 8.68. The van der Waals surface area contributed by atoms with Crippen molar-refractivity contribution in [3.63, 3.8) is 0 Å². The van der Waals surface area contributed by atoms with Gasteiger partial charge < -0.3 is 9.84 Å². The molecule has 0 aliphatic rings. The molecule has 0 heterocycles. The van der Waals surface area contributed by atoms with E-state index in [-0.39, 0.29) is 12.2 Å². The Balaban J connectivity index is 0. The van der Waals surface area contributed by atoms with Crippen LogP contribution in [-0.4, -0.2) is 55.6 Å². The SMILES string of the molecule is CCCCCCCCCCCCCCCCCC(=O)OC(C)N(C)C(C)O.COS(=O)(=O)O. The van der Waals surface area contributed by atoms with Gasteiger partial charge in [0.05, 0.1) is 7.11 Å². The maximum atomic E-state index is 11.8. The minimum absolute atomic E-state index is 0.162. The van der Waals surface area contributed by atoms with Crippen LogP contribution >= 0.6 is 0 Å². The number of aliphatic hydroxyl groups is 1. The number of carbonyl (C=O) groups is 1. The lowest BCUT2D eigenvalue weighted by Crippen LogP contribution is -2.39. The summed E-state index contributed by atoms with van der Waals surface area (Å²) in [5.41, 5.74) is 0. The fourth-order valence-corrected chi connectivity index (χ4v) is 3.28. The molecule has 0 fully saturated rings. The summed E-state index contributed by atoms with van der Waals surface area (Å²) in [6.07, 6.45) is 19.3. The number of carbonyl (C=O) groups excluding carboxylic acids is 1. The van der Waals surface area contributed by atoms with E-state index in [1.807, 2.05) is 0 Å². The highest BCUT2D eigenvalue weighted by molar-refractivity contribution is 7.80. The Bertz CT molecular complexity index is 541. The summed E-state index contributed by atoms with van der Waals surface area (Å²) in [7, 11) is -1.55. The number of nitrogens with zero attached hydrogens (tertiary/aromatic N) is 1. The smallest absolute Gasteiger partial charge is 0.397 e. The lowest BCUT2D eigenvalue weighted by molar-refractivity contribution is -0.164. The molecular weight excluding hydrogens is 446 g/mol. The van der Waals surface area contributed by atoms with Gasteiger partial charge in [0.2, 0.25) is 0 Å². The monoisotopic (exact) mass is 497 g/mol. The second kappa shape index (κ2) is 23.0. The van der Waals surface area contributed by atoms with Crippen LogP contribution in [0.3, 0.4) is 0 Å². The molecule has 0 aliphatic heterocycles. The van der Waals surface area contributed by atoms with Crippen molar-refractivity contribution in [2.24, 2.45) is 0 Å². The van der Waals surface area contributed by atoms with Gasteiger partial charge in [0.1, 0.15) is 6.23 Å². The average molecular weight is 498 g/mol. The Morgan fingerprint density at radius 2 is 1.15 bits per heavy atom. The molecule has 0 aromatic carbocycles. The predicted octanol–water partition coefficient (Wildman–Crippen LogP) is 5.84. The Morgan fingerprint density at radius 1 is 0.818 bits per heavy atom. The van der Waals surface area contributed by atoms with Crippen molar-refractivity contribution in [3.8, 4) is 0 Å². The van der Waals surface area contributed by atoms with E-state index in [4.69, 9.17) is 9.29 Å². The van der Waals surface area contributed by atoms with Crippen molar-refractivity contribution >= 4 is 16.4 Å². The first-order valence-electron chi connectivity index (χ1n) is 12.7. The first-order valence-corrected chi connectivity index (χ1v) is 14.0. The molecule has 9 heteroatoms. The molecule has 0 amide bonds. The first-order chi connectivity index (χ1) is 15.5. The molecule has 2 unspecified atom stereocenters. The fourth-order valence-electron chi connectivity index (χ4n) is 3.28. The van der Waals surface area contributed by atoms with Gasteiger partial charge in [-0.3, -0.25) is 13.5 Å². The zero-order valence-electron chi connectivity index (χ0n) is 21.8. The molecule has 2 N–H and O–H groups in total. The molecule has 0 saturated heterocycles. The largest absolute Gasteiger partial charge is 0.447 e. The van der Waals surface area contributed by atoms with E-state index in [0.29, 0.717) is 6.42 Å². The molecule has 33 heavy (non-hydrogen) atoms. The molecule has 0 aromatic heterocycles. The van der Waals surface area contributed by atoms with Crippen molar-refractivity contribution in [2.75, 3.05) is 14.2 Å². The fraction of sp³-hybridized carbons (Fsp3) is 0.958. The van der Waals surface area contributed by atoms with Gasteiger partial charge in [-0.15, -0.1) is 0 Å². The van der Waals surface area contributed by atoms with E-state index >= 15 is 0 Å². The lowest BCUT2D eigenvalue weighted by Gasteiger charge is -2.26. The maximum absolute atomic E-state index is 11.8. The summed E-state index contributed by atoms with van der Waals surface area (Å²) in [6, 6.07) is 0.